The number of carbonyl (C=O) groups excluding carboxylic acids is 1. The molecule has 100 valence electrons. The molecule has 0 aliphatic carbocycles. The molecular weight excluding hydrogens is 216 g/mol. The highest BCUT2D eigenvalue weighted by Gasteiger charge is 2.23. The molecule has 0 aromatic heterocycles. The van der Waals surface area contributed by atoms with E-state index in [4.69, 9.17) is 4.74 Å². The zero-order valence-corrected chi connectivity index (χ0v) is 11.2. The van der Waals surface area contributed by atoms with E-state index in [0.29, 0.717) is 19.1 Å². The fraction of sp³-hybridized carbons (Fsp3) is 0.923. The van der Waals surface area contributed by atoms with Gasteiger partial charge in [-0.15, -0.1) is 0 Å². The molecule has 1 rings (SSSR count). The number of nitrogens with zero attached hydrogens (tertiary/aromatic N) is 1. The molecule has 1 N–H and O–H groups in total. The normalized spacial score (nSPS) is 20.2. The summed E-state index contributed by atoms with van der Waals surface area (Å²) in [7, 11) is 1.68. The number of ether oxygens (including phenoxy) is 1. The lowest BCUT2D eigenvalue weighted by Crippen LogP contribution is -2.49. The van der Waals surface area contributed by atoms with Crippen molar-refractivity contribution in [3.05, 3.63) is 0 Å². The molecule has 0 radical (unpaired) electrons. The van der Waals surface area contributed by atoms with Gasteiger partial charge in [0.05, 0.1) is 0 Å². The number of amides is 1. The maximum absolute atomic E-state index is 12.1. The number of carbonyl (C=O) groups is 1. The maximum atomic E-state index is 12.1. The minimum absolute atomic E-state index is 0.289. The van der Waals surface area contributed by atoms with Gasteiger partial charge in [0.2, 0.25) is 5.91 Å². The van der Waals surface area contributed by atoms with E-state index in [1.54, 1.807) is 7.11 Å². The van der Waals surface area contributed by atoms with E-state index in [1.165, 1.54) is 6.42 Å². The molecular formula is C13H26N2O2. The Hall–Kier alpha value is -0.610. The lowest BCUT2D eigenvalue weighted by Gasteiger charge is -2.34. The van der Waals surface area contributed by atoms with E-state index in [2.05, 4.69) is 17.1 Å². The maximum Gasteiger partial charge on any atom is 0.222 e. The first kappa shape index (κ1) is 14.5. The third kappa shape index (κ3) is 5.04. The quantitative estimate of drug-likeness (QED) is 0.686. The van der Waals surface area contributed by atoms with Gasteiger partial charge in [0, 0.05) is 39.3 Å². The highest BCUT2D eigenvalue weighted by Crippen LogP contribution is 2.13. The Labute approximate surface area is 105 Å². The van der Waals surface area contributed by atoms with Crippen molar-refractivity contribution in [2.75, 3.05) is 33.4 Å². The fourth-order valence-electron chi connectivity index (χ4n) is 2.36. The highest BCUT2D eigenvalue weighted by molar-refractivity contribution is 5.76. The summed E-state index contributed by atoms with van der Waals surface area (Å²) in [6.07, 6.45) is 4.80. The van der Waals surface area contributed by atoms with Crippen LogP contribution in [0.15, 0.2) is 0 Å². The van der Waals surface area contributed by atoms with Crippen LogP contribution in [0.5, 0.6) is 0 Å². The summed E-state index contributed by atoms with van der Waals surface area (Å²) in [5.74, 6) is 0.289. The molecule has 0 aromatic rings. The predicted octanol–water partition coefficient (Wildman–Crippen LogP) is 1.40. The van der Waals surface area contributed by atoms with E-state index in [9.17, 15) is 4.79 Å². The molecule has 17 heavy (non-hydrogen) atoms. The van der Waals surface area contributed by atoms with Crippen molar-refractivity contribution in [2.45, 2.75) is 45.1 Å². The molecule has 1 atom stereocenters. The van der Waals surface area contributed by atoms with Gasteiger partial charge in [0.25, 0.3) is 0 Å². The first-order chi connectivity index (χ1) is 8.29. The Morgan fingerprint density at radius 1 is 1.53 bits per heavy atom. The average molecular weight is 242 g/mol. The molecule has 0 saturated carbocycles. The molecule has 1 aliphatic heterocycles. The van der Waals surface area contributed by atoms with Crippen molar-refractivity contribution in [2.24, 2.45) is 0 Å². The van der Waals surface area contributed by atoms with E-state index in [1.807, 2.05) is 0 Å². The molecule has 1 amide bonds. The molecule has 1 fully saturated rings. The zero-order valence-electron chi connectivity index (χ0n) is 11.2. The standard InChI is InChI=1S/C13H26N2O2/c1-3-9-15(12-6-4-8-14-11-12)13(16)7-5-10-17-2/h12,14H,3-11H2,1-2H3. The Bertz CT molecular complexity index is 215. The number of methoxy groups -OCH3 is 1. The predicted molar refractivity (Wildman–Crippen MR) is 69.0 cm³/mol. The first-order valence-electron chi connectivity index (χ1n) is 6.78. The van der Waals surface area contributed by atoms with Crippen LogP contribution in [-0.2, 0) is 9.53 Å². The molecule has 1 unspecified atom stereocenters. The van der Waals surface area contributed by atoms with E-state index in [0.717, 1.165) is 38.9 Å². The van der Waals surface area contributed by atoms with Gasteiger partial charge in [-0.2, -0.15) is 0 Å². The summed E-state index contributed by atoms with van der Waals surface area (Å²) < 4.78 is 4.99. The minimum Gasteiger partial charge on any atom is -0.385 e. The topological polar surface area (TPSA) is 41.6 Å². The molecule has 0 bridgehead atoms. The average Bonchev–Trinajstić information content (AvgIpc) is 2.37. The Balaban J connectivity index is 2.42. The van der Waals surface area contributed by atoms with Crippen LogP contribution in [0, 0.1) is 0 Å². The summed E-state index contributed by atoms with van der Waals surface area (Å²) in [4.78, 5) is 14.2. The number of hydrogen-bond donors (Lipinski definition) is 1. The lowest BCUT2D eigenvalue weighted by atomic mass is 10.0. The van der Waals surface area contributed by atoms with Crippen LogP contribution in [0.4, 0.5) is 0 Å². The van der Waals surface area contributed by atoms with Gasteiger partial charge in [0.1, 0.15) is 0 Å². The van der Waals surface area contributed by atoms with E-state index in [-0.39, 0.29) is 5.91 Å². The number of piperidine rings is 1. The third-order valence-corrected chi connectivity index (χ3v) is 3.24. The largest absolute Gasteiger partial charge is 0.385 e. The van der Waals surface area contributed by atoms with E-state index >= 15 is 0 Å². The zero-order chi connectivity index (χ0) is 12.5. The molecule has 1 heterocycles. The molecule has 1 aliphatic rings. The molecule has 0 spiro atoms. The monoisotopic (exact) mass is 242 g/mol. The molecule has 0 aromatic carbocycles. The summed E-state index contributed by atoms with van der Waals surface area (Å²) in [5, 5.41) is 3.38. The van der Waals surface area contributed by atoms with Crippen LogP contribution >= 0.6 is 0 Å². The van der Waals surface area contributed by atoms with Gasteiger partial charge < -0.3 is 15.0 Å². The van der Waals surface area contributed by atoms with Crippen LogP contribution in [0.25, 0.3) is 0 Å². The second kappa shape index (κ2) is 8.48. The summed E-state index contributed by atoms with van der Waals surface area (Å²) >= 11 is 0. The number of nitrogens with one attached hydrogen (secondary N) is 1. The number of rotatable bonds is 7. The van der Waals surface area contributed by atoms with Gasteiger partial charge in [-0.3, -0.25) is 4.79 Å². The molecule has 1 saturated heterocycles. The Kier molecular flexibility index (Phi) is 7.21. The van der Waals surface area contributed by atoms with Crippen molar-refractivity contribution in [1.29, 1.82) is 0 Å². The van der Waals surface area contributed by atoms with Gasteiger partial charge in [-0.05, 0) is 32.2 Å². The van der Waals surface area contributed by atoms with E-state index < -0.39 is 0 Å². The second-order valence-electron chi connectivity index (χ2n) is 4.68. The fourth-order valence-corrected chi connectivity index (χ4v) is 2.36. The lowest BCUT2D eigenvalue weighted by molar-refractivity contribution is -0.134. The number of hydrogen-bond acceptors (Lipinski definition) is 3. The smallest absolute Gasteiger partial charge is 0.222 e. The second-order valence-corrected chi connectivity index (χ2v) is 4.68. The van der Waals surface area contributed by atoms with Crippen LogP contribution < -0.4 is 5.32 Å². The van der Waals surface area contributed by atoms with Crippen molar-refractivity contribution in [3.63, 3.8) is 0 Å². The highest BCUT2D eigenvalue weighted by atomic mass is 16.5. The van der Waals surface area contributed by atoms with Gasteiger partial charge in [-0.25, -0.2) is 0 Å². The van der Waals surface area contributed by atoms with Crippen LogP contribution in [-0.4, -0.2) is 50.2 Å². The Morgan fingerprint density at radius 3 is 2.94 bits per heavy atom. The van der Waals surface area contributed by atoms with Crippen LogP contribution in [0.3, 0.4) is 0 Å². The van der Waals surface area contributed by atoms with Crippen molar-refractivity contribution in [3.8, 4) is 0 Å². The summed E-state index contributed by atoms with van der Waals surface area (Å²) in [5.41, 5.74) is 0. The summed E-state index contributed by atoms with van der Waals surface area (Å²) in [6, 6.07) is 0.402. The van der Waals surface area contributed by atoms with Crippen molar-refractivity contribution < 1.29 is 9.53 Å². The molecule has 4 heteroatoms. The van der Waals surface area contributed by atoms with Gasteiger partial charge >= 0.3 is 0 Å². The SMILES string of the molecule is CCCN(C(=O)CCCOC)C1CCCNC1. The van der Waals surface area contributed by atoms with Crippen LogP contribution in [0.2, 0.25) is 0 Å². The van der Waals surface area contributed by atoms with Crippen molar-refractivity contribution >= 4 is 5.91 Å². The first-order valence-corrected chi connectivity index (χ1v) is 6.78. The van der Waals surface area contributed by atoms with Gasteiger partial charge in [0.15, 0.2) is 0 Å². The molecule has 4 nitrogen and oxygen atoms in total. The third-order valence-electron chi connectivity index (χ3n) is 3.24. The van der Waals surface area contributed by atoms with Crippen LogP contribution in [0.1, 0.15) is 39.0 Å². The minimum atomic E-state index is 0.289. The Morgan fingerprint density at radius 2 is 2.35 bits per heavy atom. The summed E-state index contributed by atoms with van der Waals surface area (Å²) in [6.45, 7) is 5.74. The van der Waals surface area contributed by atoms with Gasteiger partial charge in [-0.1, -0.05) is 6.92 Å². The van der Waals surface area contributed by atoms with Crippen molar-refractivity contribution in [1.82, 2.24) is 10.2 Å².